The maximum Gasteiger partial charge on any atom is 0.248 e. The summed E-state index contributed by atoms with van der Waals surface area (Å²) < 4.78 is 33.1. The second kappa shape index (κ2) is 4.52. The molecule has 1 aromatic rings. The maximum atomic E-state index is 11.6. The molecular formula is C10H12O5S. The van der Waals surface area contributed by atoms with E-state index in [0.717, 1.165) is 6.92 Å². The summed E-state index contributed by atoms with van der Waals surface area (Å²) in [5.41, 5.74) is 0. The molecule has 88 valence electrons. The van der Waals surface area contributed by atoms with E-state index in [9.17, 15) is 13.2 Å². The summed E-state index contributed by atoms with van der Waals surface area (Å²) in [6.07, 6.45) is 0. The molecule has 0 bridgehead atoms. The first-order valence-electron chi connectivity index (χ1n) is 4.41. The number of ether oxygens (including phenoxy) is 2. The summed E-state index contributed by atoms with van der Waals surface area (Å²) in [4.78, 5) is 10.9. The van der Waals surface area contributed by atoms with Gasteiger partial charge in [-0.2, -0.15) is 0 Å². The first kappa shape index (κ1) is 12.5. The van der Waals surface area contributed by atoms with Gasteiger partial charge in [-0.3, -0.25) is 4.79 Å². The van der Waals surface area contributed by atoms with E-state index < -0.39 is 15.0 Å². The zero-order valence-corrected chi connectivity index (χ0v) is 10.00. The fourth-order valence-corrected chi connectivity index (χ4v) is 2.12. The first-order valence-corrected chi connectivity index (χ1v) is 5.89. The monoisotopic (exact) mass is 244 g/mol. The molecule has 0 atom stereocenters. The molecule has 0 radical (unpaired) electrons. The Morgan fingerprint density at radius 3 is 2.25 bits per heavy atom. The van der Waals surface area contributed by atoms with Crippen molar-refractivity contribution in [2.24, 2.45) is 0 Å². The summed E-state index contributed by atoms with van der Waals surface area (Å²) in [7, 11) is -1.18. The molecule has 0 aromatic heterocycles. The zero-order valence-electron chi connectivity index (χ0n) is 9.18. The van der Waals surface area contributed by atoms with Crippen LogP contribution in [-0.4, -0.2) is 27.8 Å². The van der Waals surface area contributed by atoms with Gasteiger partial charge in [0, 0.05) is 13.0 Å². The summed E-state index contributed by atoms with van der Waals surface area (Å²) in [6.45, 7) is 0.999. The van der Waals surface area contributed by atoms with Gasteiger partial charge in [-0.05, 0) is 12.1 Å². The van der Waals surface area contributed by atoms with Crippen molar-refractivity contribution in [3.05, 3.63) is 18.2 Å². The molecule has 0 aliphatic rings. The van der Waals surface area contributed by atoms with Gasteiger partial charge in [0.25, 0.3) is 0 Å². The van der Waals surface area contributed by atoms with Gasteiger partial charge in [-0.25, -0.2) is 8.42 Å². The predicted molar refractivity (Wildman–Crippen MR) is 57.4 cm³/mol. The molecule has 0 unspecified atom stereocenters. The quantitative estimate of drug-likeness (QED) is 0.794. The second-order valence-corrected chi connectivity index (χ2v) is 5.03. The molecule has 6 heteroatoms. The smallest absolute Gasteiger partial charge is 0.248 e. The molecule has 0 aliphatic heterocycles. The molecule has 1 aromatic carbocycles. The van der Waals surface area contributed by atoms with Crippen LogP contribution >= 0.6 is 0 Å². The van der Waals surface area contributed by atoms with Gasteiger partial charge in [0.15, 0.2) is 0 Å². The van der Waals surface area contributed by atoms with Crippen LogP contribution in [0.5, 0.6) is 11.5 Å². The molecule has 0 aliphatic carbocycles. The van der Waals surface area contributed by atoms with Crippen molar-refractivity contribution in [1.29, 1.82) is 0 Å². The number of carbonyl (C=O) groups excluding carboxylic acids is 1. The number of rotatable bonds is 3. The van der Waals surface area contributed by atoms with Crippen LogP contribution in [0.15, 0.2) is 23.1 Å². The van der Waals surface area contributed by atoms with Gasteiger partial charge in [0.2, 0.25) is 15.0 Å². The van der Waals surface area contributed by atoms with Crippen molar-refractivity contribution in [1.82, 2.24) is 0 Å². The lowest BCUT2D eigenvalue weighted by atomic mass is 10.3. The van der Waals surface area contributed by atoms with E-state index in [1.165, 1.54) is 32.4 Å². The number of benzene rings is 1. The van der Waals surface area contributed by atoms with Gasteiger partial charge in [-0.1, -0.05) is 0 Å². The van der Waals surface area contributed by atoms with Gasteiger partial charge in [-0.15, -0.1) is 0 Å². The van der Waals surface area contributed by atoms with E-state index in [4.69, 9.17) is 9.47 Å². The van der Waals surface area contributed by atoms with Crippen molar-refractivity contribution < 1.29 is 22.7 Å². The number of sulfone groups is 1. The highest BCUT2D eigenvalue weighted by molar-refractivity contribution is 8.06. The molecule has 0 fully saturated rings. The normalized spacial score (nSPS) is 10.9. The van der Waals surface area contributed by atoms with Crippen LogP contribution in [0.1, 0.15) is 6.92 Å². The standard InChI is InChI=1S/C10H12O5S/c1-7(11)16(12,13)10-5-4-8(14-2)6-9(10)15-3/h4-6H,1-3H3. The van der Waals surface area contributed by atoms with E-state index >= 15 is 0 Å². The molecular weight excluding hydrogens is 232 g/mol. The van der Waals surface area contributed by atoms with Crippen molar-refractivity contribution in [3.8, 4) is 11.5 Å². The van der Waals surface area contributed by atoms with Crippen LogP contribution in [0.25, 0.3) is 0 Å². The van der Waals surface area contributed by atoms with Crippen LogP contribution in [0.4, 0.5) is 0 Å². The molecule has 0 N–H and O–H groups in total. The summed E-state index contributed by atoms with van der Waals surface area (Å²) in [6, 6.07) is 4.16. The topological polar surface area (TPSA) is 69.7 Å². The lowest BCUT2D eigenvalue weighted by molar-refractivity contribution is -0.109. The van der Waals surface area contributed by atoms with Gasteiger partial charge in [0.1, 0.15) is 16.4 Å². The molecule has 1 rings (SSSR count). The minimum Gasteiger partial charge on any atom is -0.497 e. The minimum absolute atomic E-state index is 0.0922. The molecule has 5 nitrogen and oxygen atoms in total. The highest BCUT2D eigenvalue weighted by atomic mass is 32.2. The van der Waals surface area contributed by atoms with E-state index in [2.05, 4.69) is 0 Å². The first-order chi connectivity index (χ1) is 7.43. The van der Waals surface area contributed by atoms with Gasteiger partial charge < -0.3 is 9.47 Å². The summed E-state index contributed by atoms with van der Waals surface area (Å²) >= 11 is 0. The van der Waals surface area contributed by atoms with Crippen LogP contribution in [-0.2, 0) is 14.6 Å². The summed E-state index contributed by atoms with van der Waals surface area (Å²) in [5.74, 6) is 0.550. The number of hydrogen-bond acceptors (Lipinski definition) is 5. The molecule has 16 heavy (non-hydrogen) atoms. The Balaban J connectivity index is 3.41. The second-order valence-electron chi connectivity index (χ2n) is 3.01. The Morgan fingerprint density at radius 1 is 1.19 bits per heavy atom. The van der Waals surface area contributed by atoms with E-state index in [-0.39, 0.29) is 10.6 Å². The Labute approximate surface area is 93.9 Å². The Kier molecular flexibility index (Phi) is 3.54. The Bertz CT molecular complexity index is 504. The van der Waals surface area contributed by atoms with E-state index in [0.29, 0.717) is 5.75 Å². The molecule has 0 spiro atoms. The van der Waals surface area contributed by atoms with Crippen LogP contribution in [0.2, 0.25) is 0 Å². The lowest BCUT2D eigenvalue weighted by Crippen LogP contribution is -2.12. The molecule has 0 amide bonds. The van der Waals surface area contributed by atoms with Crippen LogP contribution in [0.3, 0.4) is 0 Å². The largest absolute Gasteiger partial charge is 0.497 e. The molecule has 0 saturated carbocycles. The fraction of sp³-hybridized carbons (Fsp3) is 0.300. The van der Waals surface area contributed by atoms with E-state index in [1.54, 1.807) is 0 Å². The number of carbonyl (C=O) groups is 1. The van der Waals surface area contributed by atoms with Crippen molar-refractivity contribution in [3.63, 3.8) is 0 Å². The highest BCUT2D eigenvalue weighted by Gasteiger charge is 2.24. The highest BCUT2D eigenvalue weighted by Crippen LogP contribution is 2.29. The Hall–Kier alpha value is -1.56. The van der Waals surface area contributed by atoms with Crippen LogP contribution < -0.4 is 9.47 Å². The van der Waals surface area contributed by atoms with E-state index in [1.807, 2.05) is 0 Å². The minimum atomic E-state index is -3.96. The van der Waals surface area contributed by atoms with Crippen molar-refractivity contribution in [2.45, 2.75) is 11.8 Å². The van der Waals surface area contributed by atoms with Crippen LogP contribution in [0, 0.1) is 0 Å². The van der Waals surface area contributed by atoms with Gasteiger partial charge >= 0.3 is 0 Å². The average Bonchev–Trinajstić information content (AvgIpc) is 2.27. The van der Waals surface area contributed by atoms with Gasteiger partial charge in [0.05, 0.1) is 14.2 Å². The summed E-state index contributed by atoms with van der Waals surface area (Å²) in [5, 5.41) is -0.920. The lowest BCUT2D eigenvalue weighted by Gasteiger charge is -2.09. The number of methoxy groups -OCH3 is 2. The molecule has 0 saturated heterocycles. The third-order valence-electron chi connectivity index (χ3n) is 2.04. The average molecular weight is 244 g/mol. The zero-order chi connectivity index (χ0) is 12.3. The molecule has 0 heterocycles. The Morgan fingerprint density at radius 2 is 1.81 bits per heavy atom. The third-order valence-corrected chi connectivity index (χ3v) is 3.71. The number of hydrogen-bond donors (Lipinski definition) is 0. The predicted octanol–water partition coefficient (Wildman–Crippen LogP) is 1.02. The maximum absolute atomic E-state index is 11.6. The van der Waals surface area contributed by atoms with Crippen molar-refractivity contribution >= 4 is 15.0 Å². The third kappa shape index (κ3) is 2.16. The fourth-order valence-electron chi connectivity index (χ4n) is 1.15. The SMILES string of the molecule is COc1ccc(S(=O)(=O)C(C)=O)c(OC)c1. The van der Waals surface area contributed by atoms with Crippen molar-refractivity contribution in [2.75, 3.05) is 14.2 Å².